The van der Waals surface area contributed by atoms with Crippen molar-refractivity contribution >= 4 is 40.8 Å². The van der Waals surface area contributed by atoms with Crippen LogP contribution in [0.2, 0.25) is 5.02 Å². The molecule has 3 aromatic carbocycles. The number of halogens is 4. The predicted molar refractivity (Wildman–Crippen MR) is 126 cm³/mol. The van der Waals surface area contributed by atoms with Crippen molar-refractivity contribution in [2.24, 2.45) is 0 Å². The minimum absolute atomic E-state index is 0.0391. The molecule has 13 heteroatoms. The molecule has 36 heavy (non-hydrogen) atoms. The van der Waals surface area contributed by atoms with Gasteiger partial charge in [0.1, 0.15) is 11.5 Å². The summed E-state index contributed by atoms with van der Waals surface area (Å²) in [6.07, 6.45) is -6.02. The quantitative estimate of drug-likeness (QED) is 0.316. The van der Waals surface area contributed by atoms with Crippen LogP contribution in [-0.2, 0) is 10.9 Å². The summed E-state index contributed by atoms with van der Waals surface area (Å²) >= 11 is 5.90. The molecule has 0 saturated carbocycles. The number of carbonyl (C=O) groups excluding carboxylic acids is 2. The van der Waals surface area contributed by atoms with Crippen molar-refractivity contribution in [1.82, 2.24) is 5.32 Å². The molecule has 0 aliphatic carbocycles. The lowest BCUT2D eigenvalue weighted by Crippen LogP contribution is -2.41. The molecule has 9 nitrogen and oxygen atoms in total. The summed E-state index contributed by atoms with van der Waals surface area (Å²) in [4.78, 5) is 23.6. The van der Waals surface area contributed by atoms with Gasteiger partial charge in [0.25, 0.3) is 6.35 Å². The average Bonchev–Trinajstić information content (AvgIpc) is 3.22. The number of amides is 3. The van der Waals surface area contributed by atoms with Gasteiger partial charge in [-0.3, -0.25) is 5.32 Å². The van der Waals surface area contributed by atoms with Gasteiger partial charge in [0.15, 0.2) is 5.75 Å². The van der Waals surface area contributed by atoms with E-state index in [0.717, 1.165) is 18.2 Å². The second-order valence-corrected chi connectivity index (χ2v) is 7.74. The highest BCUT2D eigenvalue weighted by Gasteiger charge is 2.31. The third-order valence-electron chi connectivity index (χ3n) is 4.81. The number of fused-ring (bicyclic) bond motifs is 1. The number of benzene rings is 3. The first-order valence-electron chi connectivity index (χ1n) is 10.2. The normalized spacial score (nSPS) is 14.1. The third kappa shape index (κ3) is 6.02. The number of hydrogen-bond acceptors (Lipinski definition) is 6. The second kappa shape index (κ2) is 10.1. The lowest BCUT2D eigenvalue weighted by molar-refractivity contribution is -0.137. The third-order valence-corrected chi connectivity index (χ3v) is 5.14. The van der Waals surface area contributed by atoms with Gasteiger partial charge in [-0.1, -0.05) is 11.6 Å². The van der Waals surface area contributed by atoms with E-state index >= 15 is 0 Å². The highest BCUT2D eigenvalue weighted by atomic mass is 35.5. The highest BCUT2D eigenvalue weighted by Crippen LogP contribution is 2.36. The minimum Gasteiger partial charge on any atom is -0.457 e. The van der Waals surface area contributed by atoms with Gasteiger partial charge in [0, 0.05) is 11.8 Å². The monoisotopic (exact) mass is 522 g/mol. The lowest BCUT2D eigenvalue weighted by Gasteiger charge is -2.13. The molecule has 0 spiro atoms. The Morgan fingerprint density at radius 2 is 1.72 bits per heavy atom. The number of alkyl halides is 3. The molecule has 4 rings (SSSR count). The summed E-state index contributed by atoms with van der Waals surface area (Å²) in [5.41, 5.74) is -0.107. The zero-order valence-corrected chi connectivity index (χ0v) is 19.2. The fourth-order valence-electron chi connectivity index (χ4n) is 3.14. The van der Waals surface area contributed by atoms with Crippen LogP contribution in [0.25, 0.3) is 0 Å². The Balaban J connectivity index is 1.35. The fourth-order valence-corrected chi connectivity index (χ4v) is 3.30. The van der Waals surface area contributed by atoms with E-state index < -0.39 is 30.2 Å². The fraction of sp³-hybridized carbons (Fsp3) is 0.130. The number of hydrogen-bond donors (Lipinski definition) is 4. The Morgan fingerprint density at radius 1 is 1.00 bits per heavy atom. The summed E-state index contributed by atoms with van der Waals surface area (Å²) < 4.78 is 54.6. The maximum absolute atomic E-state index is 12.9. The molecule has 0 aromatic heterocycles. The molecule has 3 aromatic rings. The Kier molecular flexibility index (Phi) is 6.97. The van der Waals surface area contributed by atoms with E-state index in [2.05, 4.69) is 26.0 Å². The van der Waals surface area contributed by atoms with Crippen LogP contribution in [0.15, 0.2) is 60.7 Å². The van der Waals surface area contributed by atoms with E-state index in [4.69, 9.17) is 21.1 Å². The average molecular weight is 523 g/mol. The molecule has 1 aliphatic rings. The number of carbonyl (C=O) groups is 2. The predicted octanol–water partition coefficient (Wildman–Crippen LogP) is 6.24. The van der Waals surface area contributed by atoms with Crippen molar-refractivity contribution < 1.29 is 37.0 Å². The van der Waals surface area contributed by atoms with E-state index in [1.165, 1.54) is 7.11 Å². The van der Waals surface area contributed by atoms with Gasteiger partial charge in [-0.05, 0) is 54.6 Å². The molecule has 1 aliphatic heterocycles. The van der Waals surface area contributed by atoms with E-state index in [1.54, 1.807) is 42.5 Å². The molecule has 1 unspecified atom stereocenters. The number of nitrogens with one attached hydrogen (secondary N) is 4. The van der Waals surface area contributed by atoms with Crippen molar-refractivity contribution in [3.63, 3.8) is 0 Å². The summed E-state index contributed by atoms with van der Waals surface area (Å²) in [5, 5.41) is 10.2. The van der Waals surface area contributed by atoms with Gasteiger partial charge < -0.3 is 30.2 Å². The molecule has 1 atom stereocenters. The first kappa shape index (κ1) is 24.8. The maximum atomic E-state index is 12.9. The van der Waals surface area contributed by atoms with Crippen molar-refractivity contribution in [3.05, 3.63) is 71.2 Å². The number of anilines is 3. The molecule has 0 fully saturated rings. The van der Waals surface area contributed by atoms with Gasteiger partial charge in [-0.2, -0.15) is 13.2 Å². The van der Waals surface area contributed by atoms with Crippen molar-refractivity contribution in [1.29, 1.82) is 0 Å². The summed E-state index contributed by atoms with van der Waals surface area (Å²) in [5.74, 6) is 1.35. The van der Waals surface area contributed by atoms with Crippen LogP contribution >= 0.6 is 11.6 Å². The highest BCUT2D eigenvalue weighted by molar-refractivity contribution is 6.33. The molecule has 0 bridgehead atoms. The van der Waals surface area contributed by atoms with Crippen LogP contribution < -0.4 is 30.7 Å². The lowest BCUT2D eigenvalue weighted by atomic mass is 10.2. The molecule has 0 saturated heterocycles. The van der Waals surface area contributed by atoms with Crippen LogP contribution in [0.5, 0.6) is 17.2 Å². The van der Waals surface area contributed by atoms with Crippen LogP contribution in [-0.4, -0.2) is 25.6 Å². The number of methoxy groups -OCH3 is 1. The van der Waals surface area contributed by atoms with E-state index in [0.29, 0.717) is 28.6 Å². The molecule has 3 amide bonds. The smallest absolute Gasteiger partial charge is 0.416 e. The van der Waals surface area contributed by atoms with E-state index in [-0.39, 0.29) is 10.7 Å². The first-order valence-corrected chi connectivity index (χ1v) is 10.6. The van der Waals surface area contributed by atoms with E-state index in [1.807, 2.05) is 0 Å². The Morgan fingerprint density at radius 3 is 2.42 bits per heavy atom. The summed E-state index contributed by atoms with van der Waals surface area (Å²) in [6.45, 7) is 0. The van der Waals surface area contributed by atoms with Crippen molar-refractivity contribution in [3.8, 4) is 17.2 Å². The maximum Gasteiger partial charge on any atom is 0.416 e. The topological polar surface area (TPSA) is 110 Å². The van der Waals surface area contributed by atoms with Crippen LogP contribution in [0.4, 0.5) is 39.8 Å². The number of urea groups is 1. The second-order valence-electron chi connectivity index (χ2n) is 7.33. The van der Waals surface area contributed by atoms with Crippen LogP contribution in [0.1, 0.15) is 5.56 Å². The summed E-state index contributed by atoms with van der Waals surface area (Å²) in [7, 11) is 1.24. The zero-order chi connectivity index (χ0) is 25.9. The number of rotatable bonds is 5. The Hall–Kier alpha value is -4.32. The SMILES string of the molecule is COC(=O)NC1Nc2ccc(Oc3ccc(NC(=O)Nc4cc(C(F)(F)F)ccc4Cl)cc3)cc2O1. The van der Waals surface area contributed by atoms with Gasteiger partial charge in [-0.25, -0.2) is 9.59 Å². The van der Waals surface area contributed by atoms with Gasteiger partial charge in [0.05, 0.1) is 29.1 Å². The largest absolute Gasteiger partial charge is 0.457 e. The molecular weight excluding hydrogens is 505 g/mol. The van der Waals surface area contributed by atoms with E-state index in [9.17, 15) is 22.8 Å². The molecule has 188 valence electrons. The number of ether oxygens (including phenoxy) is 3. The molecule has 4 N–H and O–H groups in total. The van der Waals surface area contributed by atoms with Gasteiger partial charge >= 0.3 is 18.3 Å². The first-order chi connectivity index (χ1) is 17.1. The summed E-state index contributed by atoms with van der Waals surface area (Å²) in [6, 6.07) is 13.1. The van der Waals surface area contributed by atoms with Gasteiger partial charge in [-0.15, -0.1) is 0 Å². The molecule has 1 heterocycles. The Labute approximate surface area is 207 Å². The number of alkyl carbamates (subject to hydrolysis) is 1. The molecular formula is C23H18ClF3N4O5. The molecule has 0 radical (unpaired) electrons. The van der Waals surface area contributed by atoms with Crippen LogP contribution in [0.3, 0.4) is 0 Å². The standard InChI is InChI=1S/C23H18ClF3N4O5/c1-34-22(33)31-21-30-17-9-7-15(11-19(17)36-21)35-14-5-3-13(4-6-14)28-20(32)29-18-10-12(23(25,26)27)2-8-16(18)24/h2-11,21,30H,1H3,(H,31,33)(H2,28,29,32). The van der Waals surface area contributed by atoms with Gasteiger partial charge in [0.2, 0.25) is 0 Å². The Bertz CT molecular complexity index is 1290. The zero-order valence-electron chi connectivity index (χ0n) is 18.4. The van der Waals surface area contributed by atoms with Crippen molar-refractivity contribution in [2.45, 2.75) is 12.5 Å². The minimum atomic E-state index is -4.57. The van der Waals surface area contributed by atoms with Crippen molar-refractivity contribution in [2.75, 3.05) is 23.1 Å². The van der Waals surface area contributed by atoms with Crippen LogP contribution in [0, 0.1) is 0 Å².